The van der Waals surface area contributed by atoms with Crippen molar-refractivity contribution in [2.75, 3.05) is 26.2 Å². The molecule has 35 heavy (non-hydrogen) atoms. The van der Waals surface area contributed by atoms with E-state index in [1.807, 2.05) is 36.1 Å². The Labute approximate surface area is 205 Å². The topological polar surface area (TPSA) is 95.9 Å². The first kappa shape index (κ1) is 23.4. The number of alkyl carbamates (subject to hydrolysis) is 1. The van der Waals surface area contributed by atoms with Gasteiger partial charge in [-0.3, -0.25) is 9.59 Å². The Morgan fingerprint density at radius 1 is 1.06 bits per heavy atom. The van der Waals surface area contributed by atoms with E-state index in [-0.39, 0.29) is 42.1 Å². The highest BCUT2D eigenvalue weighted by Crippen LogP contribution is 2.51. The van der Waals surface area contributed by atoms with E-state index in [1.54, 1.807) is 0 Å². The van der Waals surface area contributed by atoms with Gasteiger partial charge in [-0.2, -0.15) is 0 Å². The summed E-state index contributed by atoms with van der Waals surface area (Å²) >= 11 is 0. The number of carbonyl (C=O) groups is 3. The summed E-state index contributed by atoms with van der Waals surface area (Å²) in [6.45, 7) is 3.93. The monoisotopic (exact) mass is 476 g/mol. The van der Waals surface area contributed by atoms with E-state index in [2.05, 4.69) is 29.6 Å². The summed E-state index contributed by atoms with van der Waals surface area (Å²) in [7, 11) is 0. The zero-order chi connectivity index (χ0) is 24.5. The summed E-state index contributed by atoms with van der Waals surface area (Å²) in [6.07, 6.45) is 1.42. The summed E-state index contributed by atoms with van der Waals surface area (Å²) in [5.74, 6) is -0.419. The Balaban J connectivity index is 1.04. The summed E-state index contributed by atoms with van der Waals surface area (Å²) in [5.41, 5.74) is 4.75. The van der Waals surface area contributed by atoms with Crippen LogP contribution in [0.5, 0.6) is 0 Å². The number of aliphatic carboxylic acids is 1. The lowest BCUT2D eigenvalue weighted by atomic mass is 9.98. The van der Waals surface area contributed by atoms with Crippen LogP contribution in [0.1, 0.15) is 43.2 Å². The van der Waals surface area contributed by atoms with Crippen LogP contribution in [0, 0.1) is 23.7 Å². The van der Waals surface area contributed by atoms with Crippen molar-refractivity contribution in [2.24, 2.45) is 23.7 Å². The molecule has 184 valence electrons. The number of ether oxygens (including phenoxy) is 1. The third-order valence-electron chi connectivity index (χ3n) is 7.91. The molecule has 7 nitrogen and oxygen atoms in total. The smallest absolute Gasteiger partial charge is 0.407 e. The molecule has 2 N–H and O–H groups in total. The molecule has 4 atom stereocenters. The zero-order valence-corrected chi connectivity index (χ0v) is 20.0. The van der Waals surface area contributed by atoms with E-state index in [4.69, 9.17) is 4.74 Å². The van der Waals surface area contributed by atoms with Crippen LogP contribution in [-0.2, 0) is 14.3 Å². The molecule has 2 aromatic carbocycles. The molecule has 0 bridgehead atoms. The van der Waals surface area contributed by atoms with Crippen LogP contribution in [0.15, 0.2) is 48.5 Å². The molecule has 1 saturated heterocycles. The number of hydrogen-bond acceptors (Lipinski definition) is 4. The van der Waals surface area contributed by atoms with Gasteiger partial charge in [-0.15, -0.1) is 0 Å². The second kappa shape index (κ2) is 9.72. The lowest BCUT2D eigenvalue weighted by Gasteiger charge is -2.27. The van der Waals surface area contributed by atoms with Gasteiger partial charge in [-0.25, -0.2) is 4.79 Å². The van der Waals surface area contributed by atoms with Gasteiger partial charge >= 0.3 is 12.1 Å². The van der Waals surface area contributed by atoms with Gasteiger partial charge in [0.05, 0.1) is 5.92 Å². The van der Waals surface area contributed by atoms with Crippen molar-refractivity contribution in [2.45, 2.75) is 32.1 Å². The van der Waals surface area contributed by atoms with Crippen molar-refractivity contribution in [3.8, 4) is 11.1 Å². The minimum absolute atomic E-state index is 0.0287. The fourth-order valence-electron chi connectivity index (χ4n) is 5.93. The molecular formula is C28H32N2O5. The van der Waals surface area contributed by atoms with E-state index in [0.29, 0.717) is 32.5 Å². The van der Waals surface area contributed by atoms with E-state index >= 15 is 0 Å². The largest absolute Gasteiger partial charge is 0.481 e. The average Bonchev–Trinajstić information content (AvgIpc) is 3.50. The van der Waals surface area contributed by atoms with Crippen molar-refractivity contribution in [1.82, 2.24) is 10.2 Å². The van der Waals surface area contributed by atoms with Gasteiger partial charge in [-0.05, 0) is 52.8 Å². The second-order valence-corrected chi connectivity index (χ2v) is 10.2. The number of nitrogens with one attached hydrogen (secondary N) is 1. The maximum Gasteiger partial charge on any atom is 0.407 e. The first-order chi connectivity index (χ1) is 16.9. The van der Waals surface area contributed by atoms with Crippen LogP contribution < -0.4 is 5.32 Å². The Kier molecular flexibility index (Phi) is 6.50. The molecule has 2 fully saturated rings. The first-order valence-electron chi connectivity index (χ1n) is 12.5. The van der Waals surface area contributed by atoms with Gasteiger partial charge in [0, 0.05) is 32.0 Å². The first-order valence-corrected chi connectivity index (χ1v) is 12.5. The lowest BCUT2D eigenvalue weighted by Crippen LogP contribution is -2.38. The van der Waals surface area contributed by atoms with Crippen LogP contribution in [0.2, 0.25) is 0 Å². The van der Waals surface area contributed by atoms with Crippen LogP contribution in [0.4, 0.5) is 4.79 Å². The Hall–Kier alpha value is -3.35. The number of nitrogens with zero attached hydrogens (tertiary/aromatic N) is 1. The van der Waals surface area contributed by atoms with Crippen molar-refractivity contribution in [3.63, 3.8) is 0 Å². The molecule has 0 radical (unpaired) electrons. The van der Waals surface area contributed by atoms with Crippen LogP contribution in [0.3, 0.4) is 0 Å². The van der Waals surface area contributed by atoms with Gasteiger partial charge in [0.25, 0.3) is 0 Å². The van der Waals surface area contributed by atoms with Crippen LogP contribution in [-0.4, -0.2) is 54.2 Å². The molecule has 0 spiro atoms. The highest BCUT2D eigenvalue weighted by Gasteiger charge is 2.57. The molecule has 2 aliphatic carbocycles. The molecule has 3 aliphatic rings. The maximum atomic E-state index is 12.7. The molecule has 2 aromatic rings. The molecule has 4 unspecified atom stereocenters. The number of hydrogen-bond donors (Lipinski definition) is 2. The van der Waals surface area contributed by atoms with Gasteiger partial charge in [-0.1, -0.05) is 55.5 Å². The number of carbonyl (C=O) groups excluding carboxylic acids is 2. The fraction of sp³-hybridized carbons (Fsp3) is 0.464. The number of piperidine rings is 1. The Morgan fingerprint density at radius 3 is 2.37 bits per heavy atom. The highest BCUT2D eigenvalue weighted by molar-refractivity contribution is 5.79. The van der Waals surface area contributed by atoms with Gasteiger partial charge < -0.3 is 20.1 Å². The lowest BCUT2D eigenvalue weighted by molar-refractivity contribution is -0.139. The molecule has 1 heterocycles. The average molecular weight is 477 g/mol. The fourth-order valence-corrected chi connectivity index (χ4v) is 5.93. The molecule has 7 heteroatoms. The van der Waals surface area contributed by atoms with Gasteiger partial charge in [0.1, 0.15) is 6.61 Å². The Morgan fingerprint density at radius 2 is 1.71 bits per heavy atom. The van der Waals surface area contributed by atoms with E-state index < -0.39 is 12.1 Å². The third-order valence-corrected chi connectivity index (χ3v) is 7.91. The van der Waals surface area contributed by atoms with Crippen molar-refractivity contribution >= 4 is 18.0 Å². The van der Waals surface area contributed by atoms with Gasteiger partial charge in [0.15, 0.2) is 0 Å². The highest BCUT2D eigenvalue weighted by atomic mass is 16.5. The molecule has 0 aromatic heterocycles. The predicted octanol–water partition coefficient (Wildman–Crippen LogP) is 4.12. The number of carboxylic acid groups (broad SMARTS) is 1. The van der Waals surface area contributed by atoms with Crippen LogP contribution in [0.25, 0.3) is 11.1 Å². The molecule has 5 rings (SSSR count). The normalized spacial score (nSPS) is 23.0. The predicted molar refractivity (Wildman–Crippen MR) is 131 cm³/mol. The number of fused-ring (bicyclic) bond motifs is 4. The molecular weight excluding hydrogens is 444 g/mol. The minimum Gasteiger partial charge on any atom is -0.481 e. The molecule has 1 saturated carbocycles. The van der Waals surface area contributed by atoms with Crippen LogP contribution >= 0.6 is 0 Å². The minimum atomic E-state index is -0.734. The molecule has 1 aliphatic heterocycles. The third kappa shape index (κ3) is 4.77. The summed E-state index contributed by atoms with van der Waals surface area (Å²) in [6, 6.07) is 16.5. The van der Waals surface area contributed by atoms with Crippen molar-refractivity contribution < 1.29 is 24.2 Å². The van der Waals surface area contributed by atoms with E-state index in [0.717, 1.165) is 6.42 Å². The van der Waals surface area contributed by atoms with Gasteiger partial charge in [0.2, 0.25) is 5.91 Å². The number of carboxylic acids is 1. The van der Waals surface area contributed by atoms with E-state index in [9.17, 15) is 19.5 Å². The summed E-state index contributed by atoms with van der Waals surface area (Å²) in [5, 5.41) is 12.1. The standard InChI is InChI=1S/C28H32N2O5/c1-17(14-25(31)30-13-11-22-23(15-30)26(22)27(32)33)10-12-29-28(34)35-16-24-20-8-4-2-6-18(20)19-7-3-5-9-21(19)24/h2-9,17,22-24,26H,10-16H2,1H3,(H,29,34)(H,32,33). The quantitative estimate of drug-likeness (QED) is 0.598. The zero-order valence-electron chi connectivity index (χ0n) is 20.0. The Bertz CT molecular complexity index is 1090. The summed E-state index contributed by atoms with van der Waals surface area (Å²) in [4.78, 5) is 38.1. The second-order valence-electron chi connectivity index (χ2n) is 10.2. The maximum absolute atomic E-state index is 12.7. The van der Waals surface area contributed by atoms with E-state index in [1.165, 1.54) is 22.3 Å². The summed E-state index contributed by atoms with van der Waals surface area (Å²) < 4.78 is 5.57. The molecule has 2 amide bonds. The SMILES string of the molecule is CC(CCNC(=O)OCC1c2ccccc2-c2ccccc21)CC(=O)N1CCC2C(C1)C2C(=O)O. The van der Waals surface area contributed by atoms with Crippen molar-refractivity contribution in [1.29, 1.82) is 0 Å². The number of rotatable bonds is 8. The number of likely N-dealkylation sites (tertiary alicyclic amines) is 1. The van der Waals surface area contributed by atoms with Crippen molar-refractivity contribution in [3.05, 3.63) is 59.7 Å². The number of amides is 2. The number of benzene rings is 2.